The molecule has 2 aromatic carbocycles. The van der Waals surface area contributed by atoms with Crippen LogP contribution in [0.15, 0.2) is 59.5 Å². The highest BCUT2D eigenvalue weighted by Crippen LogP contribution is 2.27. The molecular weight excluding hydrogens is 372 g/mol. The van der Waals surface area contributed by atoms with Crippen molar-refractivity contribution < 1.29 is 13.2 Å². The molecular formula is C22H28N2O3S. The summed E-state index contributed by atoms with van der Waals surface area (Å²) in [4.78, 5) is 12.8. The lowest BCUT2D eigenvalue weighted by molar-refractivity contribution is -0.119. The zero-order chi connectivity index (χ0) is 20.0. The Morgan fingerprint density at radius 3 is 2.32 bits per heavy atom. The molecule has 0 unspecified atom stereocenters. The Morgan fingerprint density at radius 1 is 1.00 bits per heavy atom. The molecule has 0 aromatic heterocycles. The van der Waals surface area contributed by atoms with Crippen molar-refractivity contribution in [1.29, 1.82) is 0 Å². The molecule has 1 saturated carbocycles. The molecule has 3 rings (SSSR count). The number of benzene rings is 2. The van der Waals surface area contributed by atoms with E-state index in [1.165, 1.54) is 23.6 Å². The fourth-order valence-corrected chi connectivity index (χ4v) is 5.20. The van der Waals surface area contributed by atoms with Gasteiger partial charge in [0.1, 0.15) is 6.54 Å². The van der Waals surface area contributed by atoms with Gasteiger partial charge in [-0.2, -0.15) is 0 Å². The second-order valence-electron chi connectivity index (χ2n) is 7.42. The van der Waals surface area contributed by atoms with Crippen molar-refractivity contribution >= 4 is 21.6 Å². The third-order valence-corrected chi connectivity index (χ3v) is 7.09. The predicted octanol–water partition coefficient (Wildman–Crippen LogP) is 3.89. The summed E-state index contributed by atoms with van der Waals surface area (Å²) in [6.07, 6.45) is 5.94. The fraction of sp³-hybridized carbons (Fsp3) is 0.409. The number of amides is 1. The molecule has 0 spiro atoms. The topological polar surface area (TPSA) is 66.5 Å². The van der Waals surface area contributed by atoms with Gasteiger partial charge in [-0.25, -0.2) is 8.42 Å². The Morgan fingerprint density at radius 2 is 1.64 bits per heavy atom. The van der Waals surface area contributed by atoms with Gasteiger partial charge in [0.15, 0.2) is 0 Å². The van der Waals surface area contributed by atoms with E-state index in [2.05, 4.69) is 5.32 Å². The van der Waals surface area contributed by atoms with Gasteiger partial charge >= 0.3 is 0 Å². The van der Waals surface area contributed by atoms with Crippen molar-refractivity contribution in [2.75, 3.05) is 17.4 Å². The van der Waals surface area contributed by atoms with E-state index in [4.69, 9.17) is 0 Å². The van der Waals surface area contributed by atoms with Gasteiger partial charge in [-0.3, -0.25) is 9.10 Å². The molecule has 0 heterocycles. The molecule has 0 radical (unpaired) electrons. The first-order valence-electron chi connectivity index (χ1n) is 9.88. The predicted molar refractivity (Wildman–Crippen MR) is 112 cm³/mol. The average molecular weight is 401 g/mol. The Bertz CT molecular complexity index is 891. The summed E-state index contributed by atoms with van der Waals surface area (Å²) in [6.45, 7) is 2.24. The molecule has 2 aromatic rings. The molecule has 1 amide bonds. The third-order valence-electron chi connectivity index (χ3n) is 5.32. The van der Waals surface area contributed by atoms with Crippen LogP contribution in [0, 0.1) is 12.8 Å². The van der Waals surface area contributed by atoms with Gasteiger partial charge in [0, 0.05) is 6.54 Å². The molecule has 1 fully saturated rings. The monoisotopic (exact) mass is 400 g/mol. The zero-order valence-electron chi connectivity index (χ0n) is 16.3. The van der Waals surface area contributed by atoms with Crippen molar-refractivity contribution in [2.24, 2.45) is 5.92 Å². The number of para-hydroxylation sites is 1. The quantitative estimate of drug-likeness (QED) is 0.767. The standard InChI is InChI=1S/C22H28N2O3S/c1-18-10-8-9-15-21(18)24(28(26,27)20-13-6-3-7-14-20)17-22(25)23-16-19-11-4-2-5-12-19/h3,6-10,13-15,19H,2,4-5,11-12,16-17H2,1H3,(H,23,25). The van der Waals surface area contributed by atoms with Gasteiger partial charge in [-0.15, -0.1) is 0 Å². The lowest BCUT2D eigenvalue weighted by Crippen LogP contribution is -2.42. The van der Waals surface area contributed by atoms with Crippen molar-refractivity contribution in [3.8, 4) is 0 Å². The van der Waals surface area contributed by atoms with Crippen LogP contribution in [0.3, 0.4) is 0 Å². The molecule has 0 bridgehead atoms. The lowest BCUT2D eigenvalue weighted by Gasteiger charge is -2.26. The first kappa shape index (κ1) is 20.4. The van der Waals surface area contributed by atoms with Crippen LogP contribution in [0.2, 0.25) is 0 Å². The van der Waals surface area contributed by atoms with E-state index in [0.29, 0.717) is 18.2 Å². The van der Waals surface area contributed by atoms with Crippen molar-refractivity contribution in [3.63, 3.8) is 0 Å². The molecule has 1 aliphatic rings. The first-order chi connectivity index (χ1) is 13.5. The first-order valence-corrected chi connectivity index (χ1v) is 11.3. The number of nitrogens with zero attached hydrogens (tertiary/aromatic N) is 1. The number of hydrogen-bond donors (Lipinski definition) is 1. The average Bonchev–Trinajstić information content (AvgIpc) is 2.72. The molecule has 1 aliphatic carbocycles. The van der Waals surface area contributed by atoms with E-state index in [-0.39, 0.29) is 17.3 Å². The molecule has 0 aliphatic heterocycles. The van der Waals surface area contributed by atoms with Crippen LogP contribution >= 0.6 is 0 Å². The van der Waals surface area contributed by atoms with E-state index < -0.39 is 10.0 Å². The maximum absolute atomic E-state index is 13.3. The summed E-state index contributed by atoms with van der Waals surface area (Å²) in [5, 5.41) is 2.95. The minimum absolute atomic E-state index is 0.179. The van der Waals surface area contributed by atoms with E-state index >= 15 is 0 Å². The summed E-state index contributed by atoms with van der Waals surface area (Å²) in [5.74, 6) is 0.226. The molecule has 0 atom stereocenters. The van der Waals surface area contributed by atoms with Gasteiger partial charge in [0.05, 0.1) is 10.6 Å². The van der Waals surface area contributed by atoms with Crippen LogP contribution < -0.4 is 9.62 Å². The van der Waals surface area contributed by atoms with Crippen molar-refractivity contribution in [3.05, 3.63) is 60.2 Å². The van der Waals surface area contributed by atoms with E-state index in [9.17, 15) is 13.2 Å². The smallest absolute Gasteiger partial charge is 0.264 e. The SMILES string of the molecule is Cc1ccccc1N(CC(=O)NCC1CCCCC1)S(=O)(=O)c1ccccc1. The summed E-state index contributed by atoms with van der Waals surface area (Å²) in [7, 11) is -3.84. The Labute approximate surface area is 167 Å². The molecule has 1 N–H and O–H groups in total. The van der Waals surface area contributed by atoms with E-state index in [0.717, 1.165) is 18.4 Å². The Kier molecular flexibility index (Phi) is 6.73. The van der Waals surface area contributed by atoms with Gasteiger partial charge in [0.2, 0.25) is 5.91 Å². The minimum Gasteiger partial charge on any atom is -0.354 e. The lowest BCUT2D eigenvalue weighted by atomic mass is 9.89. The number of anilines is 1. The maximum Gasteiger partial charge on any atom is 0.264 e. The summed E-state index contributed by atoms with van der Waals surface area (Å²) < 4.78 is 27.8. The minimum atomic E-state index is -3.84. The van der Waals surface area contributed by atoms with E-state index in [1.54, 1.807) is 42.5 Å². The van der Waals surface area contributed by atoms with Gasteiger partial charge < -0.3 is 5.32 Å². The number of hydrogen-bond acceptors (Lipinski definition) is 3. The van der Waals surface area contributed by atoms with Gasteiger partial charge in [-0.05, 0) is 49.4 Å². The highest BCUT2D eigenvalue weighted by molar-refractivity contribution is 7.92. The fourth-order valence-electron chi connectivity index (χ4n) is 3.70. The number of rotatable bonds is 7. The zero-order valence-corrected chi connectivity index (χ0v) is 17.1. The normalized spacial score (nSPS) is 15.2. The molecule has 28 heavy (non-hydrogen) atoms. The molecule has 6 heteroatoms. The number of aryl methyl sites for hydroxylation is 1. The van der Waals surface area contributed by atoms with Crippen molar-refractivity contribution in [2.45, 2.75) is 43.9 Å². The second-order valence-corrected chi connectivity index (χ2v) is 9.28. The number of nitrogens with one attached hydrogen (secondary N) is 1. The number of sulfonamides is 1. The summed E-state index contributed by atoms with van der Waals surface area (Å²) in [5.41, 5.74) is 1.33. The summed E-state index contributed by atoms with van der Waals surface area (Å²) in [6, 6.07) is 15.5. The van der Waals surface area contributed by atoms with Crippen LogP contribution in [-0.4, -0.2) is 27.4 Å². The third kappa shape index (κ3) is 4.93. The number of carbonyl (C=O) groups is 1. The van der Waals surface area contributed by atoms with Gasteiger partial charge in [0.25, 0.3) is 10.0 Å². The summed E-state index contributed by atoms with van der Waals surface area (Å²) >= 11 is 0. The number of carbonyl (C=O) groups excluding carboxylic acids is 1. The van der Waals surface area contributed by atoms with Crippen LogP contribution in [0.1, 0.15) is 37.7 Å². The Hall–Kier alpha value is -2.34. The molecule has 150 valence electrons. The largest absolute Gasteiger partial charge is 0.354 e. The van der Waals surface area contributed by atoms with Gasteiger partial charge in [-0.1, -0.05) is 55.7 Å². The van der Waals surface area contributed by atoms with Crippen molar-refractivity contribution in [1.82, 2.24) is 5.32 Å². The highest BCUT2D eigenvalue weighted by Gasteiger charge is 2.28. The second kappa shape index (κ2) is 9.24. The molecule has 5 nitrogen and oxygen atoms in total. The van der Waals surface area contributed by atoms with Crippen LogP contribution in [0.5, 0.6) is 0 Å². The van der Waals surface area contributed by atoms with E-state index in [1.807, 2.05) is 19.1 Å². The maximum atomic E-state index is 13.3. The van der Waals surface area contributed by atoms with Crippen LogP contribution in [-0.2, 0) is 14.8 Å². The van der Waals surface area contributed by atoms with Crippen LogP contribution in [0.4, 0.5) is 5.69 Å². The Balaban J connectivity index is 1.81. The molecule has 0 saturated heterocycles. The van der Waals surface area contributed by atoms with Crippen LogP contribution in [0.25, 0.3) is 0 Å². The highest BCUT2D eigenvalue weighted by atomic mass is 32.2.